The lowest BCUT2D eigenvalue weighted by molar-refractivity contribution is -0.247. The van der Waals surface area contributed by atoms with Crippen LogP contribution in [-0.4, -0.2) is 35.9 Å². The van der Waals surface area contributed by atoms with Crippen molar-refractivity contribution < 1.29 is 28.9 Å². The molecule has 46 heavy (non-hydrogen) atoms. The third-order valence-corrected chi connectivity index (χ3v) is 15.6. The highest BCUT2D eigenvalue weighted by atomic mass is 16.6. The molecule has 5 fully saturated rings. The molecule has 1 aliphatic heterocycles. The topological polar surface area (TPSA) is 82.1 Å². The molecule has 1 saturated heterocycles. The van der Waals surface area contributed by atoms with Crippen molar-refractivity contribution in [3.05, 3.63) is 42.0 Å². The van der Waals surface area contributed by atoms with E-state index in [2.05, 4.69) is 60.6 Å². The second kappa shape index (κ2) is 10.1. The second-order valence-electron chi connectivity index (χ2n) is 17.4. The van der Waals surface area contributed by atoms with Crippen LogP contribution < -0.4 is 4.74 Å². The molecule has 4 saturated carbocycles. The van der Waals surface area contributed by atoms with Gasteiger partial charge in [0.25, 0.3) is 0 Å². The molecule has 5 aliphatic carbocycles. The van der Waals surface area contributed by atoms with E-state index in [4.69, 9.17) is 14.2 Å². The molecule has 250 valence electrons. The number of rotatable bonds is 4. The van der Waals surface area contributed by atoms with Gasteiger partial charge in [0.2, 0.25) is 0 Å². The number of benzene rings is 1. The van der Waals surface area contributed by atoms with Gasteiger partial charge in [-0.15, -0.1) is 0 Å². The summed E-state index contributed by atoms with van der Waals surface area (Å²) in [7, 11) is 1.51. The first-order chi connectivity index (χ1) is 21.6. The van der Waals surface area contributed by atoms with Crippen LogP contribution in [0.4, 0.5) is 0 Å². The van der Waals surface area contributed by atoms with Crippen LogP contribution in [0.2, 0.25) is 0 Å². The predicted octanol–water partition coefficient (Wildman–Crippen LogP) is 8.52. The van der Waals surface area contributed by atoms with Crippen molar-refractivity contribution in [3.8, 4) is 11.5 Å². The quantitative estimate of drug-likeness (QED) is 0.204. The third kappa shape index (κ3) is 3.88. The molecule has 0 radical (unpaired) electrons. The van der Waals surface area contributed by atoms with Crippen molar-refractivity contribution in [1.29, 1.82) is 0 Å². The molecule has 0 aromatic heterocycles. The smallest absolute Gasteiger partial charge is 0.331 e. The zero-order valence-corrected chi connectivity index (χ0v) is 29.2. The van der Waals surface area contributed by atoms with Crippen molar-refractivity contribution in [1.82, 2.24) is 0 Å². The van der Waals surface area contributed by atoms with Crippen LogP contribution in [0, 0.1) is 56.7 Å². The summed E-state index contributed by atoms with van der Waals surface area (Å²) in [6.07, 6.45) is 16.0. The van der Waals surface area contributed by atoms with E-state index in [1.807, 2.05) is 0 Å². The van der Waals surface area contributed by atoms with Gasteiger partial charge in [0.05, 0.1) is 12.5 Å². The Morgan fingerprint density at radius 2 is 1.76 bits per heavy atom. The van der Waals surface area contributed by atoms with Gasteiger partial charge in [0.15, 0.2) is 11.5 Å². The summed E-state index contributed by atoms with van der Waals surface area (Å²) >= 11 is 0. The molecule has 6 aliphatic rings. The first kappa shape index (κ1) is 31.8. The van der Waals surface area contributed by atoms with Crippen LogP contribution in [-0.2, 0) is 19.1 Å². The van der Waals surface area contributed by atoms with Crippen molar-refractivity contribution in [3.63, 3.8) is 0 Å². The Morgan fingerprint density at radius 3 is 2.50 bits per heavy atom. The molecule has 2 bridgehead atoms. The summed E-state index contributed by atoms with van der Waals surface area (Å²) in [6.45, 7) is 16.9. The average Bonchev–Trinajstić information content (AvgIpc) is 3.21. The van der Waals surface area contributed by atoms with Gasteiger partial charge < -0.3 is 19.3 Å². The molecular weight excluding hydrogens is 576 g/mol. The van der Waals surface area contributed by atoms with E-state index in [1.165, 1.54) is 13.2 Å². The highest BCUT2D eigenvalue weighted by molar-refractivity contribution is 5.87. The van der Waals surface area contributed by atoms with Crippen LogP contribution in [0.25, 0.3) is 6.08 Å². The average molecular weight is 631 g/mol. The number of ether oxygens (including phenoxy) is 3. The number of carbonyl (C=O) groups excluding carboxylic acids is 2. The Bertz CT molecular complexity index is 1510. The SMILES string of the molecule is COc1cc(/C=C/C(=O)O[C@H]2CC[C@]3(C)[C@H]4C=C[C@]56OC(=O)[C@@]7(CC[C@H](C)[C@H](C)[C@H]75)CC[C@@]6(C)[C@]4(C)CC[C@H]3C2(C)C)ccc1O. The molecule has 6 heteroatoms. The highest BCUT2D eigenvalue weighted by Crippen LogP contribution is 2.79. The van der Waals surface area contributed by atoms with Crippen molar-refractivity contribution in [2.45, 2.75) is 112 Å². The minimum absolute atomic E-state index is 0.00229. The number of carbonyl (C=O) groups is 2. The monoisotopic (exact) mass is 630 g/mol. The van der Waals surface area contributed by atoms with Crippen LogP contribution in [0.3, 0.4) is 0 Å². The van der Waals surface area contributed by atoms with E-state index in [-0.39, 0.29) is 56.8 Å². The van der Waals surface area contributed by atoms with Gasteiger partial charge in [0, 0.05) is 22.8 Å². The Hall–Kier alpha value is -2.76. The van der Waals surface area contributed by atoms with Crippen LogP contribution in [0.1, 0.15) is 105 Å². The number of phenols is 1. The van der Waals surface area contributed by atoms with E-state index >= 15 is 0 Å². The summed E-state index contributed by atoms with van der Waals surface area (Å²) in [5, 5.41) is 9.90. The lowest BCUT2D eigenvalue weighted by Gasteiger charge is -2.72. The standard InChI is InChI=1S/C40H54O6/c1-24-13-19-39-22-21-38(7)37(6)18-14-29-35(3,4)31(45-32(42)12-10-26-9-11-27(41)28(23-26)44-8)16-17-36(29,5)30(37)15-20-40(38,46-34(39)43)33(39)25(24)2/h9-12,15,20,23-25,29-31,33,41H,13-14,16-19,21-22H2,1-8H3/b12-10+/t24-,25-,29-,30+,31-,33+,36-,37+,38-,39-,40-/m0/s1. The number of phenolic OH excluding ortho intramolecular Hbond substituents is 1. The maximum Gasteiger partial charge on any atom is 0.331 e. The molecule has 11 atom stereocenters. The minimum Gasteiger partial charge on any atom is -0.504 e. The summed E-state index contributed by atoms with van der Waals surface area (Å²) in [5.74, 6) is 2.20. The molecule has 1 N–H and O–H groups in total. The zero-order chi connectivity index (χ0) is 33.1. The van der Waals surface area contributed by atoms with Gasteiger partial charge in [-0.2, -0.15) is 0 Å². The van der Waals surface area contributed by atoms with Crippen molar-refractivity contribution in [2.75, 3.05) is 7.11 Å². The minimum atomic E-state index is -0.527. The van der Waals surface area contributed by atoms with Crippen molar-refractivity contribution >= 4 is 18.0 Å². The maximum atomic E-state index is 13.9. The highest BCUT2D eigenvalue weighted by Gasteiger charge is 2.80. The molecule has 1 aromatic carbocycles. The summed E-state index contributed by atoms with van der Waals surface area (Å²) in [5.41, 5.74) is -0.367. The van der Waals surface area contributed by atoms with Gasteiger partial charge in [-0.1, -0.05) is 60.6 Å². The van der Waals surface area contributed by atoms with Gasteiger partial charge >= 0.3 is 11.9 Å². The number of hydrogen-bond donors (Lipinski definition) is 1. The Morgan fingerprint density at radius 1 is 1.00 bits per heavy atom. The lowest BCUT2D eigenvalue weighted by Crippen LogP contribution is -2.71. The van der Waals surface area contributed by atoms with Crippen LogP contribution >= 0.6 is 0 Å². The third-order valence-electron chi connectivity index (χ3n) is 15.6. The Balaban J connectivity index is 1.16. The predicted molar refractivity (Wildman–Crippen MR) is 178 cm³/mol. The number of allylic oxidation sites excluding steroid dienone is 1. The maximum absolute atomic E-state index is 13.9. The van der Waals surface area contributed by atoms with E-state index in [0.717, 1.165) is 56.9 Å². The van der Waals surface area contributed by atoms with E-state index in [9.17, 15) is 14.7 Å². The number of methoxy groups -OCH3 is 1. The summed E-state index contributed by atoms with van der Waals surface area (Å²) in [4.78, 5) is 27.0. The summed E-state index contributed by atoms with van der Waals surface area (Å²) < 4.78 is 18.2. The van der Waals surface area contributed by atoms with Gasteiger partial charge in [-0.3, -0.25) is 4.79 Å². The van der Waals surface area contributed by atoms with E-state index in [0.29, 0.717) is 29.4 Å². The molecule has 6 nitrogen and oxygen atoms in total. The van der Waals surface area contributed by atoms with E-state index < -0.39 is 5.60 Å². The molecule has 0 amide bonds. The van der Waals surface area contributed by atoms with Gasteiger partial charge in [0.1, 0.15) is 11.7 Å². The number of esters is 2. The largest absolute Gasteiger partial charge is 0.504 e. The number of fused-ring (bicyclic) bond motifs is 4. The van der Waals surface area contributed by atoms with Crippen LogP contribution in [0.15, 0.2) is 36.4 Å². The normalized spacial score (nSPS) is 46.8. The molecule has 0 unspecified atom stereocenters. The molecular formula is C40H54O6. The molecule has 7 rings (SSSR count). The molecule has 1 aromatic rings. The lowest BCUT2D eigenvalue weighted by atomic mass is 9.32. The number of hydrogen-bond acceptors (Lipinski definition) is 6. The first-order valence-electron chi connectivity index (χ1n) is 17.8. The fourth-order valence-corrected chi connectivity index (χ4v) is 12.8. The molecule has 1 spiro atoms. The van der Waals surface area contributed by atoms with Gasteiger partial charge in [-0.05, 0) is 116 Å². The summed E-state index contributed by atoms with van der Waals surface area (Å²) in [6, 6.07) is 5.00. The van der Waals surface area contributed by atoms with Crippen molar-refractivity contribution in [2.24, 2.45) is 56.7 Å². The fourth-order valence-electron chi connectivity index (χ4n) is 12.8. The Labute approximate surface area is 275 Å². The van der Waals surface area contributed by atoms with Gasteiger partial charge in [-0.25, -0.2) is 4.79 Å². The molecule has 1 heterocycles. The van der Waals surface area contributed by atoms with Crippen LogP contribution in [0.5, 0.6) is 11.5 Å². The first-order valence-corrected chi connectivity index (χ1v) is 17.8. The number of aromatic hydroxyl groups is 1. The fraction of sp³-hybridized carbons (Fsp3) is 0.700. The Kier molecular flexibility index (Phi) is 7.00. The van der Waals surface area contributed by atoms with E-state index in [1.54, 1.807) is 24.3 Å². The second-order valence-corrected chi connectivity index (χ2v) is 17.4. The zero-order valence-electron chi connectivity index (χ0n) is 29.2.